The lowest BCUT2D eigenvalue weighted by Gasteiger charge is -2.15. The largest absolute Gasteiger partial charge is 0.505 e. The number of nitrogens with zero attached hydrogens (tertiary/aromatic N) is 8. The van der Waals surface area contributed by atoms with Gasteiger partial charge in [0.2, 0.25) is 34.4 Å². The Kier molecular flexibility index (Phi) is 14.9. The molecule has 0 aliphatic carbocycles. The summed E-state index contributed by atoms with van der Waals surface area (Å²) in [6.45, 7) is 0.688. The van der Waals surface area contributed by atoms with Gasteiger partial charge in [0, 0.05) is 41.6 Å². The Hall–Kier alpha value is -6.62. The highest BCUT2D eigenvalue weighted by atomic mass is 35.5. The van der Waals surface area contributed by atoms with Crippen molar-refractivity contribution in [2.45, 2.75) is 26.0 Å². The summed E-state index contributed by atoms with van der Waals surface area (Å²) in [7, 11) is -19.8. The van der Waals surface area contributed by atoms with Crippen molar-refractivity contribution in [3.63, 3.8) is 0 Å². The third kappa shape index (κ3) is 12.2. The molecule has 2 aromatic heterocycles. The van der Waals surface area contributed by atoms with E-state index in [2.05, 4.69) is 61.4 Å². The number of ether oxygens (including phenoxy) is 1. The predicted octanol–water partition coefficient (Wildman–Crippen LogP) is 5.82. The van der Waals surface area contributed by atoms with Gasteiger partial charge in [0.25, 0.3) is 40.5 Å². The summed E-state index contributed by atoms with van der Waals surface area (Å²) in [6.07, 6.45) is 0.434. The monoisotopic (exact) mass is 1080 g/mol. The molecule has 0 radical (unpaired) electrons. The Bertz CT molecular complexity index is 3710. The van der Waals surface area contributed by atoms with E-state index in [0.29, 0.717) is 13.0 Å². The molecule has 33 heteroatoms. The number of halogens is 2. The number of aromatic hydroxyl groups is 1. The first kappa shape index (κ1) is 51.2. The van der Waals surface area contributed by atoms with Gasteiger partial charge in [-0.05, 0) is 83.5 Å². The van der Waals surface area contributed by atoms with E-state index in [1.165, 1.54) is 18.2 Å². The molecule has 0 amide bonds. The van der Waals surface area contributed by atoms with Crippen LogP contribution in [0.4, 0.5) is 52.2 Å². The second kappa shape index (κ2) is 20.4. The second-order valence-corrected chi connectivity index (χ2v) is 20.3. The molecule has 5 aromatic carbocycles. The van der Waals surface area contributed by atoms with E-state index in [1.54, 1.807) is 0 Å². The average Bonchev–Trinajstić information content (AvgIpc) is 3.25. The van der Waals surface area contributed by atoms with Gasteiger partial charge in [-0.2, -0.15) is 63.6 Å². The summed E-state index contributed by atoms with van der Waals surface area (Å²) >= 11 is 12.3. The number of aliphatic hydroxyl groups is 1. The molecule has 0 saturated carbocycles. The fourth-order valence-corrected chi connectivity index (χ4v) is 9.49. The van der Waals surface area contributed by atoms with Gasteiger partial charge in [-0.3, -0.25) is 18.2 Å². The lowest BCUT2D eigenvalue weighted by atomic mass is 10.1. The van der Waals surface area contributed by atoms with Gasteiger partial charge in [-0.25, -0.2) is 0 Å². The third-order valence-corrected chi connectivity index (χ3v) is 13.2. The lowest BCUT2D eigenvalue weighted by molar-refractivity contribution is 0.124. The Morgan fingerprint density at radius 2 is 1.20 bits per heavy atom. The number of rotatable bonds is 19. The quantitative estimate of drug-likeness (QED) is 0.0259. The van der Waals surface area contributed by atoms with Crippen molar-refractivity contribution in [1.82, 2.24) is 29.9 Å². The first-order valence-corrected chi connectivity index (χ1v) is 25.8. The smallest absolute Gasteiger partial charge is 0.297 e. The van der Waals surface area contributed by atoms with Crippen LogP contribution in [0.5, 0.6) is 5.75 Å². The van der Waals surface area contributed by atoms with Crippen LogP contribution in [0.3, 0.4) is 0 Å². The van der Waals surface area contributed by atoms with Crippen molar-refractivity contribution in [2.75, 3.05) is 47.6 Å². The maximum absolute atomic E-state index is 12.6. The first-order valence-electron chi connectivity index (χ1n) is 19.3. The minimum absolute atomic E-state index is 0.0314. The number of nitrogens with one attached hydrogen (secondary N) is 4. The van der Waals surface area contributed by atoms with Gasteiger partial charge < -0.3 is 36.2 Å². The summed E-state index contributed by atoms with van der Waals surface area (Å²) in [5.41, 5.74) is -1.47. The van der Waals surface area contributed by atoms with Crippen LogP contribution in [-0.2, 0) is 45.2 Å². The molecular weight excluding hydrogens is 1050 g/mol. The standard InChI is InChI=1S/C37H32Cl2N12O15S4/c38-32-44-34(40-11-14-66-13-2-12-52)48-36(46-32)42-25-16-19(6-10-28(25)69(60,61)62)41-35-45-33(39)47-37(49-35)43-26-17-20(67(54,55)56)15-18-5-8-23(30(53)29(18)26)50-51-24-9-7-21-22(31(24)70(63,64)65)3-1-4-27(21)68(57,58)59/h1,3-10,15-17,52-53H,2,11-14H2,(H,54,55,56)(H,57,58,59)(H,60,61,62)(H,63,64,65)(H2,40,42,44,46,48)(H2,41,43,45,47,49). The highest BCUT2D eigenvalue weighted by Gasteiger charge is 2.25. The maximum atomic E-state index is 12.6. The molecule has 2 heterocycles. The van der Waals surface area contributed by atoms with E-state index in [1.807, 2.05) is 0 Å². The fourth-order valence-electron chi connectivity index (χ4n) is 6.46. The minimum atomic E-state index is -5.17. The minimum Gasteiger partial charge on any atom is -0.505 e. The number of phenols is 1. The highest BCUT2D eigenvalue weighted by molar-refractivity contribution is 7.87. The van der Waals surface area contributed by atoms with Gasteiger partial charge in [-0.15, -0.1) is 10.2 Å². The van der Waals surface area contributed by atoms with Gasteiger partial charge in [0.1, 0.15) is 26.1 Å². The maximum Gasteiger partial charge on any atom is 0.297 e. The van der Waals surface area contributed by atoms with E-state index in [0.717, 1.165) is 54.6 Å². The van der Waals surface area contributed by atoms with Crippen LogP contribution < -0.4 is 21.3 Å². The third-order valence-electron chi connectivity index (χ3n) is 9.29. The molecule has 70 heavy (non-hydrogen) atoms. The van der Waals surface area contributed by atoms with Crippen molar-refractivity contribution in [3.05, 3.63) is 83.4 Å². The molecule has 0 spiro atoms. The van der Waals surface area contributed by atoms with E-state index in [4.69, 9.17) is 33.0 Å². The fraction of sp³-hybridized carbons (Fsp3) is 0.135. The molecule has 0 saturated heterocycles. The SMILES string of the molecule is O=S(=O)(O)c1cc(Nc2nc(Cl)nc(Nc3ccc(S(=O)(=O)O)c(Nc4nc(Cl)nc(NCCOCCCO)n4)c3)n2)c2c(O)c(N=Nc3ccc4c(S(=O)(=O)O)cccc4c3S(=O)(=O)O)ccc2c1. The van der Waals surface area contributed by atoms with Crippen molar-refractivity contribution in [3.8, 4) is 5.75 Å². The zero-order chi connectivity index (χ0) is 50.8. The summed E-state index contributed by atoms with van der Waals surface area (Å²) in [4.78, 5) is 21.4. The van der Waals surface area contributed by atoms with Crippen LogP contribution in [-0.4, -0.2) is 118 Å². The molecule has 7 aromatic rings. The van der Waals surface area contributed by atoms with Crippen molar-refractivity contribution >= 4 is 137 Å². The topological polar surface area (TPSA) is 417 Å². The molecule has 10 N–H and O–H groups in total. The number of aliphatic hydroxyl groups excluding tert-OH is 1. The Morgan fingerprint density at radius 1 is 0.586 bits per heavy atom. The molecule has 368 valence electrons. The van der Waals surface area contributed by atoms with Gasteiger partial charge in [-0.1, -0.05) is 24.3 Å². The molecule has 0 bridgehead atoms. The van der Waals surface area contributed by atoms with Crippen LogP contribution in [0.25, 0.3) is 21.5 Å². The Balaban J connectivity index is 1.22. The molecule has 27 nitrogen and oxygen atoms in total. The second-order valence-electron chi connectivity index (χ2n) is 14.1. The Morgan fingerprint density at radius 3 is 1.84 bits per heavy atom. The first-order chi connectivity index (χ1) is 32.9. The molecule has 0 aliphatic rings. The molecule has 0 aliphatic heterocycles. The zero-order valence-corrected chi connectivity index (χ0v) is 39.6. The number of hydrogen-bond acceptors (Lipinski definition) is 23. The summed E-state index contributed by atoms with van der Waals surface area (Å²) in [5.74, 6) is -1.77. The molecule has 0 atom stereocenters. The van der Waals surface area contributed by atoms with Crippen molar-refractivity contribution in [1.29, 1.82) is 0 Å². The van der Waals surface area contributed by atoms with Crippen LogP contribution in [0.15, 0.2) is 103 Å². The normalized spacial score (nSPS) is 12.4. The van der Waals surface area contributed by atoms with E-state index in [-0.39, 0.29) is 87.2 Å². The molecule has 0 unspecified atom stereocenters. The molecule has 7 rings (SSSR count). The highest BCUT2D eigenvalue weighted by Crippen LogP contribution is 2.43. The van der Waals surface area contributed by atoms with Crippen LogP contribution in [0.2, 0.25) is 10.6 Å². The number of hydrogen-bond donors (Lipinski definition) is 10. The van der Waals surface area contributed by atoms with E-state index < -0.39 is 82.7 Å². The van der Waals surface area contributed by atoms with Gasteiger partial charge >= 0.3 is 0 Å². The number of aromatic nitrogens is 6. The number of azo groups is 1. The van der Waals surface area contributed by atoms with Gasteiger partial charge in [0.15, 0.2) is 5.75 Å². The zero-order valence-electron chi connectivity index (χ0n) is 34.8. The van der Waals surface area contributed by atoms with Gasteiger partial charge in [0.05, 0.1) is 22.9 Å². The number of phenolic OH excluding ortho intramolecular Hbond substituents is 1. The van der Waals surface area contributed by atoms with E-state index in [9.17, 15) is 57.0 Å². The number of anilines is 7. The predicted molar refractivity (Wildman–Crippen MR) is 250 cm³/mol. The van der Waals surface area contributed by atoms with Crippen LogP contribution in [0, 0.1) is 0 Å². The van der Waals surface area contributed by atoms with Crippen LogP contribution in [0.1, 0.15) is 6.42 Å². The number of benzene rings is 5. The summed E-state index contributed by atoms with van der Waals surface area (Å²) in [5, 5.41) is 37.6. The molecular formula is C37H32Cl2N12O15S4. The van der Waals surface area contributed by atoms with Crippen molar-refractivity contribution < 1.29 is 66.8 Å². The Labute approximate surface area is 405 Å². The van der Waals surface area contributed by atoms with E-state index >= 15 is 0 Å². The lowest BCUT2D eigenvalue weighted by Crippen LogP contribution is -2.14. The number of fused-ring (bicyclic) bond motifs is 2. The average molecular weight is 1080 g/mol. The van der Waals surface area contributed by atoms with Crippen LogP contribution >= 0.6 is 23.2 Å². The molecule has 0 fully saturated rings. The summed E-state index contributed by atoms with van der Waals surface area (Å²) in [6, 6.07) is 12.9. The van der Waals surface area contributed by atoms with Crippen molar-refractivity contribution in [2.24, 2.45) is 10.2 Å². The summed E-state index contributed by atoms with van der Waals surface area (Å²) < 4.78 is 144.